The van der Waals surface area contributed by atoms with E-state index >= 15 is 0 Å². The van der Waals surface area contributed by atoms with Gasteiger partial charge >= 0.3 is 7.12 Å². The molecule has 2 nitrogen and oxygen atoms in total. The lowest BCUT2D eigenvalue weighted by molar-refractivity contribution is -0.0157. The lowest BCUT2D eigenvalue weighted by Gasteiger charge is -2.36. The van der Waals surface area contributed by atoms with Crippen molar-refractivity contribution in [3.8, 4) is 0 Å². The van der Waals surface area contributed by atoms with E-state index in [4.69, 9.17) is 9.31 Å². The molecule has 0 bridgehead atoms. The van der Waals surface area contributed by atoms with Crippen LogP contribution in [0.4, 0.5) is 0 Å². The van der Waals surface area contributed by atoms with Gasteiger partial charge in [0, 0.05) is 5.75 Å². The predicted molar refractivity (Wildman–Crippen MR) is 101 cm³/mol. The summed E-state index contributed by atoms with van der Waals surface area (Å²) in [5, 5.41) is 0. The number of hydrogen-bond acceptors (Lipinski definition) is 4. The molecule has 1 aromatic carbocycles. The number of hydrogen-bond donors (Lipinski definition) is 1. The lowest BCUT2D eigenvalue weighted by atomic mass is 9.79. The van der Waals surface area contributed by atoms with Crippen LogP contribution < -0.4 is 5.46 Å². The van der Waals surface area contributed by atoms with Crippen LogP contribution in [0.2, 0.25) is 0 Å². The molecule has 0 amide bonds. The Labute approximate surface area is 145 Å². The smallest absolute Gasteiger partial charge is 0.399 e. The summed E-state index contributed by atoms with van der Waals surface area (Å²) in [6, 6.07) is 8.08. The summed E-state index contributed by atoms with van der Waals surface area (Å²) >= 11 is 6.20. The SMILES string of the molecule is [CH2]c1ccc(B2OC(C)(C)C(C)(CCCSCCS)O2)cc1. The van der Waals surface area contributed by atoms with Crippen LogP contribution in [0.25, 0.3) is 0 Å². The highest BCUT2D eigenvalue weighted by Gasteiger charge is 2.53. The van der Waals surface area contributed by atoms with Gasteiger partial charge in [0.15, 0.2) is 0 Å². The molecule has 1 radical (unpaired) electrons. The van der Waals surface area contributed by atoms with E-state index in [0.29, 0.717) is 0 Å². The van der Waals surface area contributed by atoms with Gasteiger partial charge in [0.05, 0.1) is 11.2 Å². The Morgan fingerprint density at radius 2 is 1.82 bits per heavy atom. The summed E-state index contributed by atoms with van der Waals surface area (Å²) in [5.41, 5.74) is 1.51. The predicted octanol–water partition coefficient (Wildman–Crippen LogP) is 3.59. The highest BCUT2D eigenvalue weighted by molar-refractivity contribution is 7.99. The Morgan fingerprint density at radius 1 is 1.14 bits per heavy atom. The minimum atomic E-state index is -0.297. The van der Waals surface area contributed by atoms with Crippen molar-refractivity contribution in [2.75, 3.05) is 17.3 Å². The first kappa shape index (κ1) is 18.2. The zero-order valence-corrected chi connectivity index (χ0v) is 15.5. The van der Waals surface area contributed by atoms with Gasteiger partial charge in [-0.2, -0.15) is 24.4 Å². The maximum atomic E-state index is 6.33. The fourth-order valence-corrected chi connectivity index (χ4v) is 3.71. The summed E-state index contributed by atoms with van der Waals surface area (Å²) in [5.74, 6) is 3.20. The molecule has 121 valence electrons. The molecule has 5 heteroatoms. The maximum absolute atomic E-state index is 6.33. The highest BCUT2D eigenvalue weighted by Crippen LogP contribution is 2.40. The average molecular weight is 337 g/mol. The molecule has 1 aliphatic heterocycles. The van der Waals surface area contributed by atoms with E-state index in [-0.39, 0.29) is 18.3 Å². The van der Waals surface area contributed by atoms with Gasteiger partial charge in [-0.25, -0.2) is 0 Å². The van der Waals surface area contributed by atoms with Crippen LogP contribution in [0.1, 0.15) is 39.2 Å². The van der Waals surface area contributed by atoms with Crippen molar-refractivity contribution in [1.82, 2.24) is 0 Å². The number of thiol groups is 1. The molecule has 0 aromatic heterocycles. The van der Waals surface area contributed by atoms with Crippen molar-refractivity contribution < 1.29 is 9.31 Å². The molecule has 1 aliphatic rings. The first-order valence-corrected chi connectivity index (χ1v) is 9.63. The number of thioether (sulfide) groups is 1. The third kappa shape index (κ3) is 4.25. The van der Waals surface area contributed by atoms with Crippen molar-refractivity contribution in [1.29, 1.82) is 0 Å². The van der Waals surface area contributed by atoms with Crippen LogP contribution in [0.3, 0.4) is 0 Å². The molecule has 0 aliphatic carbocycles. The second kappa shape index (κ2) is 7.65. The topological polar surface area (TPSA) is 18.5 Å². The van der Waals surface area contributed by atoms with Crippen molar-refractivity contribution in [3.05, 3.63) is 36.8 Å². The minimum absolute atomic E-state index is 0.262. The van der Waals surface area contributed by atoms with E-state index < -0.39 is 0 Å². The largest absolute Gasteiger partial charge is 0.494 e. The lowest BCUT2D eigenvalue weighted by Crippen LogP contribution is -2.44. The van der Waals surface area contributed by atoms with Crippen molar-refractivity contribution in [2.24, 2.45) is 0 Å². The van der Waals surface area contributed by atoms with Crippen molar-refractivity contribution >= 4 is 37.0 Å². The van der Waals surface area contributed by atoms with Crippen LogP contribution in [-0.4, -0.2) is 35.6 Å². The van der Waals surface area contributed by atoms with E-state index in [2.05, 4.69) is 40.3 Å². The highest BCUT2D eigenvalue weighted by atomic mass is 32.2. The molecule has 1 heterocycles. The Balaban J connectivity index is 1.98. The van der Waals surface area contributed by atoms with Gasteiger partial charge in [0.2, 0.25) is 0 Å². The zero-order valence-electron chi connectivity index (χ0n) is 13.8. The fraction of sp³-hybridized carbons (Fsp3) is 0.588. The van der Waals surface area contributed by atoms with Gasteiger partial charge in [0.25, 0.3) is 0 Å². The summed E-state index contributed by atoms with van der Waals surface area (Å²) < 4.78 is 12.5. The van der Waals surface area contributed by atoms with E-state index in [1.165, 1.54) is 0 Å². The van der Waals surface area contributed by atoms with Gasteiger partial charge in [0.1, 0.15) is 0 Å². The zero-order chi connectivity index (χ0) is 16.2. The van der Waals surface area contributed by atoms with E-state index in [1.807, 2.05) is 36.0 Å². The van der Waals surface area contributed by atoms with E-state index in [1.54, 1.807) is 0 Å². The van der Waals surface area contributed by atoms with Crippen LogP contribution in [0.5, 0.6) is 0 Å². The summed E-state index contributed by atoms with van der Waals surface area (Å²) in [6.45, 7) is 10.4. The molecule has 2 rings (SSSR count). The van der Waals surface area contributed by atoms with Gasteiger partial charge in [-0.05, 0) is 63.1 Å². The Bertz CT molecular complexity index is 478. The monoisotopic (exact) mass is 337 g/mol. The summed E-state index contributed by atoms with van der Waals surface area (Å²) in [7, 11) is -0.286. The van der Waals surface area contributed by atoms with Crippen LogP contribution in [0.15, 0.2) is 24.3 Å². The second-order valence-corrected chi connectivity index (χ2v) is 8.16. The molecule has 1 fully saturated rings. The third-order valence-electron chi connectivity index (χ3n) is 4.47. The van der Waals surface area contributed by atoms with E-state index in [0.717, 1.165) is 41.1 Å². The van der Waals surface area contributed by atoms with Crippen molar-refractivity contribution in [3.63, 3.8) is 0 Å². The second-order valence-electron chi connectivity index (χ2n) is 6.49. The number of rotatable bonds is 7. The Hall–Kier alpha value is -0.0951. The van der Waals surface area contributed by atoms with Crippen molar-refractivity contribution in [2.45, 2.75) is 44.8 Å². The molecular weight excluding hydrogens is 311 g/mol. The van der Waals surface area contributed by atoms with Gasteiger partial charge < -0.3 is 9.31 Å². The van der Waals surface area contributed by atoms with Crippen LogP contribution in [-0.2, 0) is 9.31 Å². The first-order valence-electron chi connectivity index (χ1n) is 7.84. The van der Waals surface area contributed by atoms with Crippen LogP contribution >= 0.6 is 24.4 Å². The van der Waals surface area contributed by atoms with Gasteiger partial charge in [-0.15, -0.1) is 0 Å². The van der Waals surface area contributed by atoms with Gasteiger partial charge in [-0.3, -0.25) is 0 Å². The average Bonchev–Trinajstić information content (AvgIpc) is 2.70. The van der Waals surface area contributed by atoms with Crippen LogP contribution in [0, 0.1) is 6.92 Å². The van der Waals surface area contributed by atoms with Gasteiger partial charge in [-0.1, -0.05) is 24.3 Å². The Kier molecular flexibility index (Phi) is 6.34. The molecule has 0 saturated carbocycles. The first-order chi connectivity index (χ1) is 10.4. The molecule has 1 aromatic rings. The minimum Gasteiger partial charge on any atom is -0.399 e. The molecule has 0 spiro atoms. The normalized spacial score (nSPS) is 24.0. The Morgan fingerprint density at radius 3 is 2.45 bits per heavy atom. The molecule has 22 heavy (non-hydrogen) atoms. The summed E-state index contributed by atoms with van der Waals surface area (Å²) in [4.78, 5) is 0. The summed E-state index contributed by atoms with van der Waals surface area (Å²) in [6.07, 6.45) is 2.13. The fourth-order valence-electron chi connectivity index (χ4n) is 2.64. The number of benzene rings is 1. The molecule has 1 unspecified atom stereocenters. The quantitative estimate of drug-likeness (QED) is 0.466. The standard InChI is InChI=1S/C17H26BO2S2/c1-14-6-8-15(9-7-14)18-19-16(2,3)17(4,20-18)10-5-12-22-13-11-21/h6-9,21H,1,5,10-13H2,2-4H3. The molecule has 1 atom stereocenters. The molecule has 0 N–H and O–H groups in total. The third-order valence-corrected chi connectivity index (χ3v) is 6.07. The molecule has 1 saturated heterocycles. The maximum Gasteiger partial charge on any atom is 0.494 e. The van der Waals surface area contributed by atoms with E-state index in [9.17, 15) is 0 Å². The molecular formula is C17H26BO2S2.